The first-order valence-corrected chi connectivity index (χ1v) is 9.30. The molecule has 0 radical (unpaired) electrons. The van der Waals surface area contributed by atoms with E-state index >= 15 is 0 Å². The maximum Gasteiger partial charge on any atom is 0.411 e. The number of halogens is 1. The molecule has 1 aliphatic carbocycles. The molecule has 2 fully saturated rings. The molecule has 0 bridgehead atoms. The number of nitrogens with zero attached hydrogens (tertiary/aromatic N) is 2. The minimum Gasteiger partial charge on any atom is -0.480 e. The van der Waals surface area contributed by atoms with Gasteiger partial charge in [0.05, 0.1) is 13.1 Å². The third-order valence-corrected chi connectivity index (χ3v) is 4.88. The van der Waals surface area contributed by atoms with E-state index < -0.39 is 35.9 Å². The Labute approximate surface area is 162 Å². The average Bonchev–Trinajstić information content (AvgIpc) is 3.18. The Bertz CT molecular complexity index is 754. The lowest BCUT2D eigenvalue weighted by atomic mass is 10.00. The van der Waals surface area contributed by atoms with Crippen LogP contribution in [0.15, 0.2) is 23.0 Å². The van der Waals surface area contributed by atoms with Gasteiger partial charge >= 0.3 is 18.2 Å². The highest BCUT2D eigenvalue weighted by Crippen LogP contribution is 2.33. The second kappa shape index (κ2) is 7.44. The van der Waals surface area contributed by atoms with Crippen LogP contribution in [0.1, 0.15) is 40.0 Å². The molecular weight excluding hydrogens is 371 g/mol. The first kappa shape index (κ1) is 20.2. The number of carboxylic acids is 1. The van der Waals surface area contributed by atoms with E-state index in [9.17, 15) is 23.9 Å². The Hall–Kier alpha value is -2.58. The number of carbonyl (C=O) groups excluding carboxylic acids is 2. The summed E-state index contributed by atoms with van der Waals surface area (Å²) in [6.07, 6.45) is 0.687. The Morgan fingerprint density at radius 3 is 2.54 bits per heavy atom. The van der Waals surface area contributed by atoms with Crippen molar-refractivity contribution in [2.75, 3.05) is 19.6 Å². The molecule has 0 aromatic carbocycles. The molecule has 0 unspecified atom stereocenters. The Morgan fingerprint density at radius 2 is 1.93 bits per heavy atom. The number of aliphatic carboxylic acids is 1. The van der Waals surface area contributed by atoms with Crippen molar-refractivity contribution in [3.8, 4) is 0 Å². The van der Waals surface area contributed by atoms with E-state index in [-0.39, 0.29) is 31.9 Å². The fourth-order valence-corrected chi connectivity index (χ4v) is 3.61. The van der Waals surface area contributed by atoms with Crippen LogP contribution >= 0.6 is 0 Å². The molecule has 1 N–H and O–H groups in total. The third-order valence-electron chi connectivity index (χ3n) is 4.88. The highest BCUT2D eigenvalue weighted by atomic mass is 19.1. The number of ether oxygens (including phenoxy) is 2. The molecule has 0 spiro atoms. The van der Waals surface area contributed by atoms with E-state index in [4.69, 9.17) is 9.47 Å². The Balaban J connectivity index is 1.63. The smallest absolute Gasteiger partial charge is 0.411 e. The quantitative estimate of drug-likeness (QED) is 0.771. The van der Waals surface area contributed by atoms with E-state index in [1.807, 2.05) is 6.08 Å². The van der Waals surface area contributed by atoms with Crippen molar-refractivity contribution < 1.29 is 33.4 Å². The maximum absolute atomic E-state index is 13.9. The first-order chi connectivity index (χ1) is 13.0. The summed E-state index contributed by atoms with van der Waals surface area (Å²) in [6.45, 7) is 5.40. The van der Waals surface area contributed by atoms with Gasteiger partial charge in [-0.05, 0) is 32.8 Å². The minimum absolute atomic E-state index is 0.0199. The van der Waals surface area contributed by atoms with Crippen LogP contribution in [0.3, 0.4) is 0 Å². The van der Waals surface area contributed by atoms with Crippen molar-refractivity contribution in [2.45, 2.75) is 57.8 Å². The average molecular weight is 396 g/mol. The minimum atomic E-state index is -1.19. The molecule has 154 valence electrons. The fourth-order valence-electron chi connectivity index (χ4n) is 3.61. The molecule has 2 saturated heterocycles. The van der Waals surface area contributed by atoms with E-state index in [1.165, 1.54) is 4.90 Å². The number of allylic oxidation sites excluding steroid dienone is 2. The van der Waals surface area contributed by atoms with Gasteiger partial charge in [-0.3, -0.25) is 9.80 Å². The number of amides is 2. The molecule has 0 aromatic heterocycles. The predicted molar refractivity (Wildman–Crippen MR) is 96.3 cm³/mol. The molecule has 0 saturated carbocycles. The van der Waals surface area contributed by atoms with Crippen LogP contribution in [0.5, 0.6) is 0 Å². The van der Waals surface area contributed by atoms with Crippen LogP contribution in [0.25, 0.3) is 0 Å². The first-order valence-electron chi connectivity index (χ1n) is 9.30. The van der Waals surface area contributed by atoms with Crippen molar-refractivity contribution >= 4 is 18.2 Å². The lowest BCUT2D eigenvalue weighted by Crippen LogP contribution is -2.43. The number of hydrogen-bond acceptors (Lipinski definition) is 5. The largest absolute Gasteiger partial charge is 0.480 e. The number of carboxylic acid groups (broad SMARTS) is 1. The van der Waals surface area contributed by atoms with Gasteiger partial charge in [0.15, 0.2) is 0 Å². The van der Waals surface area contributed by atoms with Gasteiger partial charge in [-0.1, -0.05) is 6.08 Å². The van der Waals surface area contributed by atoms with Gasteiger partial charge < -0.3 is 14.6 Å². The lowest BCUT2D eigenvalue weighted by Gasteiger charge is -2.26. The number of carbonyl (C=O) groups is 3. The van der Waals surface area contributed by atoms with Crippen LogP contribution < -0.4 is 0 Å². The highest BCUT2D eigenvalue weighted by Gasteiger charge is 2.44. The number of rotatable bonds is 2. The molecule has 28 heavy (non-hydrogen) atoms. The van der Waals surface area contributed by atoms with Crippen LogP contribution in [-0.4, -0.2) is 70.4 Å². The predicted octanol–water partition coefficient (Wildman–Crippen LogP) is 2.85. The number of hydrogen-bond donors (Lipinski definition) is 1. The molecule has 2 heterocycles. The molecule has 3 rings (SSSR count). The van der Waals surface area contributed by atoms with Gasteiger partial charge in [0, 0.05) is 25.0 Å². The van der Waals surface area contributed by atoms with Gasteiger partial charge in [0.25, 0.3) is 0 Å². The van der Waals surface area contributed by atoms with E-state index in [0.29, 0.717) is 18.4 Å². The Morgan fingerprint density at radius 1 is 1.21 bits per heavy atom. The summed E-state index contributed by atoms with van der Waals surface area (Å²) in [6, 6.07) is -1.13. The monoisotopic (exact) mass is 396 g/mol. The summed E-state index contributed by atoms with van der Waals surface area (Å²) < 4.78 is 24.6. The Kier molecular flexibility index (Phi) is 5.36. The summed E-state index contributed by atoms with van der Waals surface area (Å²) in [7, 11) is 0. The molecule has 2 aliphatic heterocycles. The molecule has 3 aliphatic rings. The zero-order chi connectivity index (χ0) is 20.6. The van der Waals surface area contributed by atoms with E-state index in [2.05, 4.69) is 0 Å². The standard InChI is InChI=1S/C19H25FN2O6/c1-19(2,3)28-18(26)22-9-12(7-15(22)16(23)24)27-17(25)21-8-11-5-4-6-14(20)13(11)10-21/h5,12,15H,4,6-10H2,1-3H3,(H,23,24)/t12-,15+/m1/s1. The van der Waals surface area contributed by atoms with Crippen LogP contribution in [0.2, 0.25) is 0 Å². The summed E-state index contributed by atoms with van der Waals surface area (Å²) in [5, 5.41) is 9.41. The second-order valence-corrected chi connectivity index (χ2v) is 8.24. The summed E-state index contributed by atoms with van der Waals surface area (Å²) in [4.78, 5) is 38.8. The highest BCUT2D eigenvalue weighted by molar-refractivity contribution is 5.81. The third kappa shape index (κ3) is 4.28. The van der Waals surface area contributed by atoms with Crippen LogP contribution in [0, 0.1) is 0 Å². The van der Waals surface area contributed by atoms with Crippen LogP contribution in [-0.2, 0) is 14.3 Å². The zero-order valence-electron chi connectivity index (χ0n) is 16.2. The molecule has 2 atom stereocenters. The second-order valence-electron chi connectivity index (χ2n) is 8.24. The summed E-state index contributed by atoms with van der Waals surface area (Å²) >= 11 is 0. The van der Waals surface area contributed by atoms with Gasteiger partial charge in [-0.15, -0.1) is 0 Å². The lowest BCUT2D eigenvalue weighted by molar-refractivity contribution is -0.142. The van der Waals surface area contributed by atoms with Gasteiger partial charge in [0.2, 0.25) is 0 Å². The molecule has 2 amide bonds. The number of likely N-dealkylation sites (tertiary alicyclic amines) is 2. The SMILES string of the molecule is CC(C)(C)OC(=O)N1C[C@H](OC(=O)N2CC3=CCCC(F)=C3C2)C[C@H]1C(=O)O. The van der Waals surface area contributed by atoms with Crippen molar-refractivity contribution in [1.29, 1.82) is 0 Å². The van der Waals surface area contributed by atoms with Crippen molar-refractivity contribution in [2.24, 2.45) is 0 Å². The van der Waals surface area contributed by atoms with E-state index in [1.54, 1.807) is 20.8 Å². The molecule has 0 aromatic rings. The zero-order valence-corrected chi connectivity index (χ0v) is 16.2. The van der Waals surface area contributed by atoms with Crippen molar-refractivity contribution in [3.05, 3.63) is 23.0 Å². The molecular formula is C19H25FN2O6. The molecule has 8 nitrogen and oxygen atoms in total. The van der Waals surface area contributed by atoms with Gasteiger partial charge in [-0.25, -0.2) is 18.8 Å². The van der Waals surface area contributed by atoms with Crippen molar-refractivity contribution in [3.63, 3.8) is 0 Å². The topological polar surface area (TPSA) is 96.4 Å². The van der Waals surface area contributed by atoms with Gasteiger partial charge in [0.1, 0.15) is 23.6 Å². The normalized spacial score (nSPS) is 24.8. The van der Waals surface area contributed by atoms with Gasteiger partial charge in [-0.2, -0.15) is 0 Å². The summed E-state index contributed by atoms with van der Waals surface area (Å²) in [5.74, 6) is -1.38. The van der Waals surface area contributed by atoms with E-state index in [0.717, 1.165) is 10.5 Å². The fraction of sp³-hybridized carbons (Fsp3) is 0.632. The van der Waals surface area contributed by atoms with Crippen LogP contribution in [0.4, 0.5) is 14.0 Å². The number of fused-ring (bicyclic) bond motifs is 1. The molecule has 9 heteroatoms. The van der Waals surface area contributed by atoms with Crippen molar-refractivity contribution in [1.82, 2.24) is 9.80 Å². The summed E-state index contributed by atoms with van der Waals surface area (Å²) in [5.41, 5.74) is 0.561. The maximum atomic E-state index is 13.9.